The number of fused-ring (bicyclic) bond motifs is 1. The molecule has 1 aromatic rings. The van der Waals surface area contributed by atoms with Crippen LogP contribution >= 0.6 is 0 Å². The molecule has 6 heteroatoms. The molecule has 0 fully saturated rings. The number of rotatable bonds is 5. The van der Waals surface area contributed by atoms with Gasteiger partial charge < -0.3 is 10.3 Å². The molecule has 2 rings (SSSR count). The minimum Gasteiger partial charge on any atom is -0.343 e. The van der Waals surface area contributed by atoms with E-state index in [0.29, 0.717) is 18.0 Å². The van der Waals surface area contributed by atoms with Crippen molar-refractivity contribution in [3.8, 4) is 6.07 Å². The first kappa shape index (κ1) is 15.3. The standard InChI is InChI=1S/C15H20N4O2/c1-10(2)19-4-3-14-12(8-19)5-11(15(21)18-14)6-13(7-16)17-9-20/h5,9-10,13H,3-4,6,8H2,1-2H3,(H,17,20)(H,18,21). The first-order valence-electron chi connectivity index (χ1n) is 7.12. The summed E-state index contributed by atoms with van der Waals surface area (Å²) in [4.78, 5) is 27.8. The Morgan fingerprint density at radius 2 is 2.33 bits per heavy atom. The Balaban J connectivity index is 2.25. The van der Waals surface area contributed by atoms with E-state index in [2.05, 4.69) is 29.0 Å². The van der Waals surface area contributed by atoms with Crippen LogP contribution in [-0.2, 0) is 24.2 Å². The number of hydrogen-bond donors (Lipinski definition) is 2. The number of nitriles is 1. The van der Waals surface area contributed by atoms with Gasteiger partial charge in [0.25, 0.3) is 5.56 Å². The predicted molar refractivity (Wildman–Crippen MR) is 78.6 cm³/mol. The van der Waals surface area contributed by atoms with Gasteiger partial charge in [-0.05, 0) is 25.5 Å². The molecule has 6 nitrogen and oxygen atoms in total. The summed E-state index contributed by atoms with van der Waals surface area (Å²) in [6, 6.07) is 3.64. The molecule has 0 aromatic carbocycles. The van der Waals surface area contributed by atoms with E-state index < -0.39 is 6.04 Å². The van der Waals surface area contributed by atoms with Crippen molar-refractivity contribution in [3.05, 3.63) is 33.2 Å². The molecule has 0 bridgehead atoms. The number of carbonyl (C=O) groups is 1. The maximum Gasteiger partial charge on any atom is 0.251 e. The third-order valence-corrected chi connectivity index (χ3v) is 3.89. The van der Waals surface area contributed by atoms with E-state index in [1.54, 1.807) is 0 Å². The third-order valence-electron chi connectivity index (χ3n) is 3.89. The van der Waals surface area contributed by atoms with Crippen molar-refractivity contribution in [2.45, 2.75) is 45.3 Å². The van der Waals surface area contributed by atoms with Gasteiger partial charge in [-0.15, -0.1) is 0 Å². The molecule has 1 aliphatic heterocycles. The molecule has 0 radical (unpaired) electrons. The van der Waals surface area contributed by atoms with E-state index in [1.807, 2.05) is 12.1 Å². The Bertz CT molecular complexity index is 615. The molecule has 1 aliphatic rings. The summed E-state index contributed by atoms with van der Waals surface area (Å²) in [6.45, 7) is 6.04. The van der Waals surface area contributed by atoms with E-state index in [-0.39, 0.29) is 12.0 Å². The molecule has 2 heterocycles. The summed E-state index contributed by atoms with van der Waals surface area (Å²) in [5.41, 5.74) is 2.46. The van der Waals surface area contributed by atoms with Crippen LogP contribution in [0.4, 0.5) is 0 Å². The number of aromatic amines is 1. The van der Waals surface area contributed by atoms with Gasteiger partial charge in [-0.2, -0.15) is 5.26 Å². The van der Waals surface area contributed by atoms with Gasteiger partial charge in [-0.25, -0.2) is 0 Å². The van der Waals surface area contributed by atoms with Gasteiger partial charge in [0.1, 0.15) is 6.04 Å². The lowest BCUT2D eigenvalue weighted by molar-refractivity contribution is -0.109. The minimum atomic E-state index is -0.675. The lowest BCUT2D eigenvalue weighted by Crippen LogP contribution is -2.38. The van der Waals surface area contributed by atoms with Crippen molar-refractivity contribution in [2.24, 2.45) is 0 Å². The van der Waals surface area contributed by atoms with Gasteiger partial charge in [0.2, 0.25) is 6.41 Å². The minimum absolute atomic E-state index is 0.167. The first-order valence-corrected chi connectivity index (χ1v) is 7.12. The van der Waals surface area contributed by atoms with E-state index in [9.17, 15) is 9.59 Å². The van der Waals surface area contributed by atoms with Crippen molar-refractivity contribution in [3.63, 3.8) is 0 Å². The molecule has 0 aliphatic carbocycles. The molecular weight excluding hydrogens is 268 g/mol. The third kappa shape index (κ3) is 3.50. The Morgan fingerprint density at radius 3 is 2.95 bits per heavy atom. The summed E-state index contributed by atoms with van der Waals surface area (Å²) in [6.07, 6.45) is 1.54. The number of hydrogen-bond acceptors (Lipinski definition) is 4. The van der Waals surface area contributed by atoms with Gasteiger partial charge in [0.15, 0.2) is 0 Å². The van der Waals surface area contributed by atoms with Crippen molar-refractivity contribution >= 4 is 6.41 Å². The Kier molecular flexibility index (Phi) is 4.76. The maximum atomic E-state index is 12.1. The Labute approximate surface area is 123 Å². The van der Waals surface area contributed by atoms with Gasteiger partial charge in [-0.3, -0.25) is 14.5 Å². The fourth-order valence-corrected chi connectivity index (χ4v) is 2.61. The van der Waals surface area contributed by atoms with Crippen LogP contribution in [0.2, 0.25) is 0 Å². The summed E-state index contributed by atoms with van der Waals surface area (Å²) in [5, 5.41) is 11.4. The Morgan fingerprint density at radius 1 is 1.57 bits per heavy atom. The monoisotopic (exact) mass is 288 g/mol. The molecule has 0 saturated heterocycles. The summed E-state index contributed by atoms with van der Waals surface area (Å²) in [7, 11) is 0. The van der Waals surface area contributed by atoms with Crippen LogP contribution < -0.4 is 10.9 Å². The van der Waals surface area contributed by atoms with Crippen LogP contribution in [0.3, 0.4) is 0 Å². The van der Waals surface area contributed by atoms with Gasteiger partial charge in [0.05, 0.1) is 6.07 Å². The SMILES string of the molecule is CC(C)N1CCc2[nH]c(=O)c(CC(C#N)NC=O)cc2C1. The lowest BCUT2D eigenvalue weighted by Gasteiger charge is -2.31. The van der Waals surface area contributed by atoms with E-state index in [0.717, 1.165) is 30.8 Å². The normalized spacial score (nSPS) is 16.1. The highest BCUT2D eigenvalue weighted by molar-refractivity contribution is 5.48. The molecule has 1 aromatic heterocycles. The average Bonchev–Trinajstić information content (AvgIpc) is 2.46. The molecule has 1 atom stereocenters. The number of aromatic nitrogens is 1. The number of carbonyl (C=O) groups excluding carboxylic acids is 1. The smallest absolute Gasteiger partial charge is 0.251 e. The highest BCUT2D eigenvalue weighted by Gasteiger charge is 2.21. The zero-order valence-electron chi connectivity index (χ0n) is 12.3. The number of nitrogens with one attached hydrogen (secondary N) is 2. The molecule has 1 amide bonds. The van der Waals surface area contributed by atoms with Crippen molar-refractivity contribution in [1.29, 1.82) is 5.26 Å². The molecule has 2 N–H and O–H groups in total. The van der Waals surface area contributed by atoms with E-state index >= 15 is 0 Å². The topological polar surface area (TPSA) is 89.0 Å². The molecule has 1 unspecified atom stereocenters. The van der Waals surface area contributed by atoms with Crippen LogP contribution in [0.25, 0.3) is 0 Å². The first-order chi connectivity index (χ1) is 10.0. The summed E-state index contributed by atoms with van der Waals surface area (Å²) in [5.74, 6) is 0. The second-order valence-corrected chi connectivity index (χ2v) is 5.61. The fourth-order valence-electron chi connectivity index (χ4n) is 2.61. The van der Waals surface area contributed by atoms with E-state index in [1.165, 1.54) is 0 Å². The lowest BCUT2D eigenvalue weighted by atomic mass is 10.00. The predicted octanol–water partition coefficient (Wildman–Crippen LogP) is 0.322. The molecule has 0 saturated carbocycles. The zero-order chi connectivity index (χ0) is 15.4. The van der Waals surface area contributed by atoms with Crippen molar-refractivity contribution in [2.75, 3.05) is 6.54 Å². The van der Waals surface area contributed by atoms with Crippen molar-refractivity contribution < 1.29 is 4.79 Å². The second kappa shape index (κ2) is 6.55. The number of nitrogens with zero attached hydrogens (tertiary/aromatic N) is 2. The number of H-pyrrole nitrogens is 1. The van der Waals surface area contributed by atoms with Crippen LogP contribution in [0.15, 0.2) is 10.9 Å². The average molecular weight is 288 g/mol. The van der Waals surface area contributed by atoms with Gasteiger partial charge in [0, 0.05) is 43.2 Å². The van der Waals surface area contributed by atoms with Gasteiger partial charge in [-0.1, -0.05) is 0 Å². The van der Waals surface area contributed by atoms with Gasteiger partial charge >= 0.3 is 0 Å². The Hall–Kier alpha value is -2.13. The molecule has 21 heavy (non-hydrogen) atoms. The van der Waals surface area contributed by atoms with Crippen LogP contribution in [0.5, 0.6) is 0 Å². The highest BCUT2D eigenvalue weighted by atomic mass is 16.1. The van der Waals surface area contributed by atoms with E-state index in [4.69, 9.17) is 5.26 Å². The van der Waals surface area contributed by atoms with Crippen LogP contribution in [0.1, 0.15) is 30.7 Å². The molecule has 112 valence electrons. The second-order valence-electron chi connectivity index (χ2n) is 5.61. The largest absolute Gasteiger partial charge is 0.343 e. The van der Waals surface area contributed by atoms with Crippen LogP contribution in [0, 0.1) is 11.3 Å². The zero-order valence-corrected chi connectivity index (χ0v) is 12.3. The summed E-state index contributed by atoms with van der Waals surface area (Å²) < 4.78 is 0. The quantitative estimate of drug-likeness (QED) is 0.764. The highest BCUT2D eigenvalue weighted by Crippen LogP contribution is 2.18. The number of pyridine rings is 1. The van der Waals surface area contributed by atoms with Crippen molar-refractivity contribution in [1.82, 2.24) is 15.2 Å². The van der Waals surface area contributed by atoms with Crippen LogP contribution in [-0.4, -0.2) is 34.9 Å². The number of amides is 1. The maximum absolute atomic E-state index is 12.1. The summed E-state index contributed by atoms with van der Waals surface area (Å²) >= 11 is 0. The molecule has 0 spiro atoms. The molecular formula is C15H20N4O2. The fraction of sp³-hybridized carbons (Fsp3) is 0.533.